The Balaban J connectivity index is 1.31. The Labute approximate surface area is 206 Å². The van der Waals surface area contributed by atoms with Crippen LogP contribution in [0.3, 0.4) is 0 Å². The Morgan fingerprint density at radius 2 is 1.43 bits per heavy atom. The van der Waals surface area contributed by atoms with Gasteiger partial charge in [-0.15, -0.1) is 0 Å². The highest BCUT2D eigenvalue weighted by molar-refractivity contribution is 7.89. The number of piperazine rings is 1. The molecule has 0 atom stereocenters. The van der Waals surface area contributed by atoms with E-state index in [9.17, 15) is 21.6 Å². The van der Waals surface area contributed by atoms with E-state index in [2.05, 4.69) is 10.2 Å². The SMILES string of the molecule is CS(=O)(=O)N1CCN(Cc2ccc(C(=O)Nc3ccc(S(=O)(=O)N4CCOCC4)cc3)cc2)CC1. The third kappa shape index (κ3) is 6.46. The zero-order chi connectivity index (χ0) is 25.1. The number of carbonyl (C=O) groups is 1. The van der Waals surface area contributed by atoms with Crippen molar-refractivity contribution in [1.29, 1.82) is 0 Å². The fourth-order valence-corrected chi connectivity index (χ4v) is 6.32. The summed E-state index contributed by atoms with van der Waals surface area (Å²) in [6, 6.07) is 13.4. The first-order chi connectivity index (χ1) is 16.6. The molecule has 4 rings (SSSR count). The van der Waals surface area contributed by atoms with E-state index in [1.54, 1.807) is 24.3 Å². The van der Waals surface area contributed by atoms with Crippen molar-refractivity contribution in [2.45, 2.75) is 11.4 Å². The first-order valence-electron chi connectivity index (χ1n) is 11.4. The van der Waals surface area contributed by atoms with Crippen LogP contribution in [0.15, 0.2) is 53.4 Å². The quantitative estimate of drug-likeness (QED) is 0.578. The topological polar surface area (TPSA) is 116 Å². The summed E-state index contributed by atoms with van der Waals surface area (Å²) >= 11 is 0. The molecule has 2 fully saturated rings. The highest BCUT2D eigenvalue weighted by Crippen LogP contribution is 2.20. The van der Waals surface area contributed by atoms with Crippen LogP contribution >= 0.6 is 0 Å². The molecule has 0 saturated carbocycles. The highest BCUT2D eigenvalue weighted by Gasteiger charge is 2.26. The minimum absolute atomic E-state index is 0.180. The van der Waals surface area contributed by atoms with Crippen molar-refractivity contribution in [3.05, 3.63) is 59.7 Å². The van der Waals surface area contributed by atoms with Gasteiger partial charge >= 0.3 is 0 Å². The molecule has 0 aromatic heterocycles. The largest absolute Gasteiger partial charge is 0.379 e. The standard InChI is InChI=1S/C23H30N4O6S2/c1-34(29,30)26-12-10-25(11-13-26)18-19-2-4-20(5-3-19)23(28)24-21-6-8-22(9-7-21)35(31,32)27-14-16-33-17-15-27/h2-9H,10-18H2,1H3,(H,24,28). The zero-order valence-electron chi connectivity index (χ0n) is 19.6. The summed E-state index contributed by atoms with van der Waals surface area (Å²) in [5.41, 5.74) is 2.02. The van der Waals surface area contributed by atoms with Crippen LogP contribution in [0.2, 0.25) is 0 Å². The van der Waals surface area contributed by atoms with Crippen molar-refractivity contribution in [2.75, 3.05) is 64.1 Å². The normalized spacial score (nSPS) is 18.9. The summed E-state index contributed by atoms with van der Waals surface area (Å²) in [6.45, 7) is 4.37. The van der Waals surface area contributed by atoms with E-state index in [4.69, 9.17) is 4.74 Å². The number of benzene rings is 2. The smallest absolute Gasteiger partial charge is 0.255 e. The van der Waals surface area contributed by atoms with Crippen LogP contribution in [0.25, 0.3) is 0 Å². The van der Waals surface area contributed by atoms with E-state index in [1.807, 2.05) is 12.1 Å². The van der Waals surface area contributed by atoms with Gasteiger partial charge in [0.15, 0.2) is 0 Å². The molecule has 2 aliphatic rings. The molecule has 12 heteroatoms. The molecule has 2 heterocycles. The molecule has 10 nitrogen and oxygen atoms in total. The van der Waals surface area contributed by atoms with Gasteiger partial charge in [-0.2, -0.15) is 8.61 Å². The summed E-state index contributed by atoms with van der Waals surface area (Å²) in [4.78, 5) is 15.0. The van der Waals surface area contributed by atoms with Crippen LogP contribution in [-0.4, -0.2) is 95.0 Å². The van der Waals surface area contributed by atoms with Gasteiger partial charge in [-0.3, -0.25) is 9.69 Å². The number of rotatable bonds is 7. The lowest BCUT2D eigenvalue weighted by molar-refractivity contribution is 0.0730. The number of morpholine rings is 1. The van der Waals surface area contributed by atoms with Crippen molar-refractivity contribution in [2.24, 2.45) is 0 Å². The molecule has 0 spiro atoms. The summed E-state index contributed by atoms with van der Waals surface area (Å²) < 4.78 is 56.9. The molecule has 35 heavy (non-hydrogen) atoms. The molecule has 190 valence electrons. The Kier molecular flexibility index (Phi) is 7.89. The Morgan fingerprint density at radius 3 is 2.00 bits per heavy atom. The van der Waals surface area contributed by atoms with E-state index >= 15 is 0 Å². The Bertz CT molecular complexity index is 1230. The molecule has 1 amide bonds. The van der Waals surface area contributed by atoms with E-state index in [1.165, 1.54) is 27.0 Å². The third-order valence-electron chi connectivity index (χ3n) is 6.14. The van der Waals surface area contributed by atoms with E-state index in [0.29, 0.717) is 70.3 Å². The maximum absolute atomic E-state index is 12.7. The van der Waals surface area contributed by atoms with Crippen molar-refractivity contribution >= 4 is 31.6 Å². The van der Waals surface area contributed by atoms with Crippen LogP contribution < -0.4 is 5.32 Å². The Morgan fingerprint density at radius 1 is 0.829 bits per heavy atom. The zero-order valence-corrected chi connectivity index (χ0v) is 21.2. The lowest BCUT2D eigenvalue weighted by atomic mass is 10.1. The number of ether oxygens (including phenoxy) is 1. The molecule has 0 radical (unpaired) electrons. The van der Waals surface area contributed by atoms with Crippen molar-refractivity contribution in [1.82, 2.24) is 13.5 Å². The minimum atomic E-state index is -3.58. The molecular weight excluding hydrogens is 492 g/mol. The van der Waals surface area contributed by atoms with Gasteiger partial charge in [-0.05, 0) is 42.0 Å². The fourth-order valence-electron chi connectivity index (χ4n) is 4.09. The van der Waals surface area contributed by atoms with Gasteiger partial charge in [0.25, 0.3) is 5.91 Å². The maximum atomic E-state index is 12.7. The minimum Gasteiger partial charge on any atom is -0.379 e. The first kappa shape index (κ1) is 25.7. The van der Waals surface area contributed by atoms with Crippen LogP contribution in [-0.2, 0) is 31.3 Å². The van der Waals surface area contributed by atoms with Crippen LogP contribution in [0.1, 0.15) is 15.9 Å². The number of hydrogen-bond donors (Lipinski definition) is 1. The molecule has 2 saturated heterocycles. The molecular formula is C23H30N4O6S2. The van der Waals surface area contributed by atoms with E-state index in [-0.39, 0.29) is 10.8 Å². The van der Waals surface area contributed by atoms with E-state index < -0.39 is 20.0 Å². The molecule has 0 bridgehead atoms. The molecule has 0 unspecified atom stereocenters. The van der Waals surface area contributed by atoms with Gasteiger partial charge in [0.1, 0.15) is 0 Å². The number of amides is 1. The number of hydrogen-bond acceptors (Lipinski definition) is 7. The number of carbonyl (C=O) groups excluding carboxylic acids is 1. The van der Waals surface area contributed by atoms with Crippen LogP contribution in [0.4, 0.5) is 5.69 Å². The average Bonchev–Trinajstić information content (AvgIpc) is 2.85. The van der Waals surface area contributed by atoms with Crippen molar-refractivity contribution < 1.29 is 26.4 Å². The molecule has 2 aliphatic heterocycles. The predicted octanol–water partition coefficient (Wildman–Crippen LogP) is 1.04. The third-order valence-corrected chi connectivity index (χ3v) is 9.36. The van der Waals surface area contributed by atoms with Crippen molar-refractivity contribution in [3.63, 3.8) is 0 Å². The van der Waals surface area contributed by atoms with Crippen LogP contribution in [0, 0.1) is 0 Å². The number of anilines is 1. The van der Waals surface area contributed by atoms with Gasteiger partial charge in [-0.1, -0.05) is 12.1 Å². The van der Waals surface area contributed by atoms with Gasteiger partial charge in [0.05, 0.1) is 24.4 Å². The summed E-state index contributed by atoms with van der Waals surface area (Å²) in [5.74, 6) is -0.290. The molecule has 2 aromatic rings. The average molecular weight is 523 g/mol. The lowest BCUT2D eigenvalue weighted by Crippen LogP contribution is -2.47. The van der Waals surface area contributed by atoms with Gasteiger partial charge in [0.2, 0.25) is 20.0 Å². The molecule has 1 N–H and O–H groups in total. The maximum Gasteiger partial charge on any atom is 0.255 e. The lowest BCUT2D eigenvalue weighted by Gasteiger charge is -2.33. The summed E-state index contributed by atoms with van der Waals surface area (Å²) in [5, 5.41) is 2.80. The predicted molar refractivity (Wildman–Crippen MR) is 132 cm³/mol. The second kappa shape index (κ2) is 10.7. The number of nitrogens with zero attached hydrogens (tertiary/aromatic N) is 3. The Hall–Kier alpha value is -2.35. The fraction of sp³-hybridized carbons (Fsp3) is 0.435. The summed E-state index contributed by atoms with van der Waals surface area (Å²) in [6.07, 6.45) is 1.23. The van der Waals surface area contributed by atoms with Crippen molar-refractivity contribution in [3.8, 4) is 0 Å². The number of sulfonamides is 2. The molecule has 2 aromatic carbocycles. The van der Waals surface area contributed by atoms with Gasteiger partial charge < -0.3 is 10.1 Å². The monoisotopic (exact) mass is 522 g/mol. The second-order valence-corrected chi connectivity index (χ2v) is 12.6. The first-order valence-corrected chi connectivity index (χ1v) is 14.7. The molecule has 0 aliphatic carbocycles. The van der Waals surface area contributed by atoms with E-state index in [0.717, 1.165) is 5.56 Å². The van der Waals surface area contributed by atoms with Gasteiger partial charge in [-0.25, -0.2) is 16.8 Å². The summed E-state index contributed by atoms with van der Waals surface area (Å²) in [7, 11) is -6.74. The van der Waals surface area contributed by atoms with Crippen LogP contribution in [0.5, 0.6) is 0 Å². The number of nitrogens with one attached hydrogen (secondary N) is 1. The highest BCUT2D eigenvalue weighted by atomic mass is 32.2. The second-order valence-electron chi connectivity index (χ2n) is 8.63. The van der Waals surface area contributed by atoms with Gasteiger partial charge in [0, 0.05) is 57.1 Å².